The molecule has 0 aliphatic carbocycles. The van der Waals surface area contributed by atoms with Gasteiger partial charge in [0.1, 0.15) is 21.4 Å². The summed E-state index contributed by atoms with van der Waals surface area (Å²) in [6.45, 7) is -1.96. The van der Waals surface area contributed by atoms with Crippen molar-refractivity contribution in [2.24, 2.45) is 0 Å². The van der Waals surface area contributed by atoms with Gasteiger partial charge in [0.2, 0.25) is 13.2 Å². The molecule has 1 aromatic carbocycles. The van der Waals surface area contributed by atoms with Gasteiger partial charge in [-0.05, 0) is 0 Å². The molecule has 1 aromatic rings. The first-order valence-electron chi connectivity index (χ1n) is 5.78. The fourth-order valence-electron chi connectivity index (χ4n) is 1.50. The van der Waals surface area contributed by atoms with Crippen molar-refractivity contribution in [3.05, 3.63) is 35.4 Å². The Morgan fingerprint density at radius 3 is 1.00 bits per heavy atom. The summed E-state index contributed by atoms with van der Waals surface area (Å²) in [7, 11) is -10.7. The van der Waals surface area contributed by atoms with Crippen LogP contribution in [0.5, 0.6) is 0 Å². The van der Waals surface area contributed by atoms with Gasteiger partial charge in [0.05, 0.1) is 0 Å². The molecular weight excluding hydrogens is 519 g/mol. The minimum Gasteiger partial charge on any atom is -0.870 e. The molecule has 0 heterocycles. The van der Waals surface area contributed by atoms with Crippen LogP contribution >= 0.6 is 21.4 Å². The van der Waals surface area contributed by atoms with E-state index in [4.69, 9.17) is 30.5 Å². The molecule has 0 amide bonds. The Bertz CT molecular complexity index is 922. The molecule has 0 fully saturated rings. The van der Waals surface area contributed by atoms with Crippen LogP contribution < -0.4 is 0 Å². The summed E-state index contributed by atoms with van der Waals surface area (Å²) >= 11 is 0. The van der Waals surface area contributed by atoms with Gasteiger partial charge < -0.3 is 11.0 Å². The lowest BCUT2D eigenvalue weighted by molar-refractivity contribution is 0.153. The van der Waals surface area contributed by atoms with Gasteiger partial charge in [0.15, 0.2) is 0 Å². The number of halogens is 2. The van der Waals surface area contributed by atoms with E-state index in [1.54, 1.807) is 0 Å². The largest absolute Gasteiger partial charge is 0.870 e. The predicted molar refractivity (Wildman–Crippen MR) is 92.5 cm³/mol. The average molecular weight is 531 g/mol. The van der Waals surface area contributed by atoms with E-state index in [2.05, 4.69) is 0 Å². The van der Waals surface area contributed by atoms with Gasteiger partial charge in [-0.15, -0.1) is 33.7 Å². The third-order valence-electron chi connectivity index (χ3n) is 2.51. The van der Waals surface area contributed by atoms with Crippen LogP contribution in [0.15, 0.2) is 24.3 Å². The molecule has 0 aliphatic heterocycles. The van der Waals surface area contributed by atoms with Crippen molar-refractivity contribution in [3.8, 4) is 0 Å². The summed E-state index contributed by atoms with van der Waals surface area (Å²) < 4.78 is 107. The Kier molecular flexibility index (Phi) is 10.5. The Balaban J connectivity index is 0. The van der Waals surface area contributed by atoms with E-state index >= 15 is 0 Å². The highest BCUT2D eigenvalue weighted by Gasteiger charge is 2.40. The summed E-state index contributed by atoms with van der Waals surface area (Å²) in [5.74, 6) is 0. The highest BCUT2D eigenvalue weighted by atomic mass is 35.7. The molecule has 0 spiro atoms. The molecule has 20 heteroatoms. The summed E-state index contributed by atoms with van der Waals surface area (Å²) in [5, 5.41) is 0. The lowest BCUT2D eigenvalue weighted by Crippen LogP contribution is -2.25. The van der Waals surface area contributed by atoms with Crippen LogP contribution in [-0.2, 0) is 59.2 Å². The molecule has 0 saturated heterocycles. The summed E-state index contributed by atoms with van der Waals surface area (Å²) in [6, 6.07) is 4.25. The molecule has 4 N–H and O–H groups in total. The topological polar surface area (TPSA) is 242 Å². The Morgan fingerprint density at radius 2 is 0.857 bits per heavy atom. The highest BCUT2D eigenvalue weighted by Crippen LogP contribution is 2.25. The third-order valence-corrected chi connectivity index (χ3v) is 8.27. The standard InChI is InChI=1S/C8H8Cl2O12S4.2H2O/c9-23(11,12)21(25(15,16)17)5-7-1-2-8(4-3-7)6-22(24(10,13)14)26(18,19)20;;/h1-4H,5-6H2;2*1H2. The van der Waals surface area contributed by atoms with Crippen molar-refractivity contribution in [1.29, 1.82) is 0 Å². The SMILES string of the molecule is O=S(=O)(O)[O+](Cc1ccc(C[O+](S(=O)(=O)O)S(=O)(=O)Cl)cc1)S(=O)(=O)Cl.[OH-].[OH-]. The molecule has 0 bridgehead atoms. The van der Waals surface area contributed by atoms with E-state index < -0.39 is 52.7 Å². The van der Waals surface area contributed by atoms with E-state index in [0.29, 0.717) is 6.52 Å². The van der Waals surface area contributed by atoms with Crippen LogP contribution in [0, 0.1) is 0 Å². The quantitative estimate of drug-likeness (QED) is 0.256. The molecule has 0 aromatic heterocycles. The minimum absolute atomic E-state index is 0. The molecule has 0 aliphatic rings. The molecule has 0 radical (unpaired) electrons. The van der Waals surface area contributed by atoms with E-state index in [1.165, 1.54) is 0 Å². The van der Waals surface area contributed by atoms with Gasteiger partial charge in [-0.1, -0.05) is 24.3 Å². The Labute approximate surface area is 169 Å². The zero-order valence-corrected chi connectivity index (χ0v) is 17.8. The normalized spacial score (nSPS) is 13.1. The molecule has 28 heavy (non-hydrogen) atoms. The first kappa shape index (κ1) is 29.6. The highest BCUT2D eigenvalue weighted by molar-refractivity contribution is 8.15. The summed E-state index contributed by atoms with van der Waals surface area (Å²) in [4.78, 5) is 0. The van der Waals surface area contributed by atoms with Gasteiger partial charge in [-0.3, -0.25) is 0 Å². The Hall–Kier alpha value is -0.640. The van der Waals surface area contributed by atoms with Gasteiger partial charge in [0, 0.05) is 11.1 Å². The second kappa shape index (κ2) is 9.91. The minimum atomic E-state index is -5.28. The maximum Gasteiger partial charge on any atom is 0.546 e. The van der Waals surface area contributed by atoms with Crippen LogP contribution in [0.25, 0.3) is 0 Å². The second-order valence-corrected chi connectivity index (χ2v) is 11.9. The van der Waals surface area contributed by atoms with Crippen molar-refractivity contribution in [2.75, 3.05) is 0 Å². The van der Waals surface area contributed by atoms with E-state index in [9.17, 15) is 33.7 Å². The average Bonchev–Trinajstić information content (AvgIpc) is 2.38. The predicted octanol–water partition coefficient (Wildman–Crippen LogP) is 0.0104. The van der Waals surface area contributed by atoms with Gasteiger partial charge in [-0.25, -0.2) is 9.11 Å². The first-order chi connectivity index (χ1) is 11.4. The van der Waals surface area contributed by atoms with E-state index in [1.807, 2.05) is 0 Å². The monoisotopic (exact) mass is 530 g/mol. The zero-order chi connectivity index (χ0) is 20.6. The fourth-order valence-corrected chi connectivity index (χ4v) is 5.70. The van der Waals surface area contributed by atoms with Crippen LogP contribution in [-0.4, -0.2) is 53.7 Å². The van der Waals surface area contributed by atoms with Crippen LogP contribution in [0.1, 0.15) is 11.1 Å². The molecule has 14 nitrogen and oxygen atoms in total. The fraction of sp³-hybridized carbons (Fsp3) is 0.250. The maximum absolute atomic E-state index is 11.1. The molecule has 1 rings (SSSR count). The number of hydrogen-bond acceptors (Lipinski definition) is 10. The Morgan fingerprint density at radius 1 is 0.643 bits per heavy atom. The van der Waals surface area contributed by atoms with Gasteiger partial charge in [0.25, 0.3) is 0 Å². The molecular formula is C8H12Cl2O14S4. The summed E-state index contributed by atoms with van der Waals surface area (Å²) in [6.07, 6.45) is 0. The van der Waals surface area contributed by atoms with Crippen molar-refractivity contribution in [1.82, 2.24) is 0 Å². The molecule has 0 unspecified atom stereocenters. The number of hydrogen-bond donors (Lipinski definition) is 2. The zero-order valence-electron chi connectivity index (χ0n) is 13.0. The maximum atomic E-state index is 11.1. The van der Waals surface area contributed by atoms with Crippen LogP contribution in [0.3, 0.4) is 0 Å². The third kappa shape index (κ3) is 8.80. The summed E-state index contributed by atoms with van der Waals surface area (Å²) in [5.41, 5.74) is -0.115. The molecule has 0 saturated carbocycles. The van der Waals surface area contributed by atoms with Crippen molar-refractivity contribution in [3.63, 3.8) is 0 Å². The van der Waals surface area contributed by atoms with E-state index in [-0.39, 0.29) is 22.1 Å². The van der Waals surface area contributed by atoms with Gasteiger partial charge in [-0.2, -0.15) is 6.52 Å². The molecule has 0 atom stereocenters. The second-order valence-electron chi connectivity index (χ2n) is 4.35. The van der Waals surface area contributed by atoms with Gasteiger partial charge >= 0.3 is 39.5 Å². The lowest BCUT2D eigenvalue weighted by Gasteiger charge is -2.11. The van der Waals surface area contributed by atoms with Crippen molar-refractivity contribution < 1.29 is 60.2 Å². The number of benzene rings is 1. The molecule has 166 valence electrons. The van der Waals surface area contributed by atoms with Crippen LogP contribution in [0.2, 0.25) is 0 Å². The lowest BCUT2D eigenvalue weighted by atomic mass is 10.1. The van der Waals surface area contributed by atoms with Crippen LogP contribution in [0.4, 0.5) is 0 Å². The van der Waals surface area contributed by atoms with Crippen molar-refractivity contribution >= 4 is 60.8 Å². The number of rotatable bonds is 8. The van der Waals surface area contributed by atoms with Crippen molar-refractivity contribution in [2.45, 2.75) is 13.2 Å². The smallest absolute Gasteiger partial charge is 0.546 e. The van der Waals surface area contributed by atoms with E-state index in [0.717, 1.165) is 24.3 Å². The first-order valence-corrected chi connectivity index (χ1v) is 13.0.